The van der Waals surface area contributed by atoms with E-state index >= 15 is 0 Å². The molecule has 1 N–H and O–H groups in total. The third kappa shape index (κ3) is 5.20. The van der Waals surface area contributed by atoms with Crippen LogP contribution in [0.25, 0.3) is 5.76 Å². The maximum absolute atomic E-state index is 13.8. The van der Waals surface area contributed by atoms with Crippen molar-refractivity contribution in [1.29, 1.82) is 0 Å². The van der Waals surface area contributed by atoms with Gasteiger partial charge in [0.2, 0.25) is 0 Å². The SMILES string of the molecule is CSC(=Nc1ccccc1F)/C(C(=O)C(F)(F)F)=C(\O)c1ccc(Br)cc1. The number of halogens is 5. The minimum absolute atomic E-state index is 0.0129. The van der Waals surface area contributed by atoms with E-state index < -0.39 is 34.2 Å². The Morgan fingerprint density at radius 1 is 1.11 bits per heavy atom. The number of rotatable bonds is 4. The number of ketones is 1. The molecule has 2 aromatic rings. The number of carbonyl (C=O) groups is 1. The van der Waals surface area contributed by atoms with E-state index in [9.17, 15) is 27.5 Å². The van der Waals surface area contributed by atoms with Crippen LogP contribution in [0.1, 0.15) is 5.56 Å². The Morgan fingerprint density at radius 2 is 1.70 bits per heavy atom. The maximum Gasteiger partial charge on any atom is 0.455 e. The van der Waals surface area contributed by atoms with Crippen molar-refractivity contribution in [3.8, 4) is 0 Å². The average molecular weight is 462 g/mol. The van der Waals surface area contributed by atoms with E-state index in [0.717, 1.165) is 6.07 Å². The predicted octanol–water partition coefficient (Wildman–Crippen LogP) is 6.08. The van der Waals surface area contributed by atoms with Crippen molar-refractivity contribution >= 4 is 50.0 Å². The van der Waals surface area contributed by atoms with Crippen LogP contribution in [0.2, 0.25) is 0 Å². The molecule has 0 aromatic heterocycles. The molecule has 27 heavy (non-hydrogen) atoms. The van der Waals surface area contributed by atoms with Gasteiger partial charge in [-0.2, -0.15) is 13.2 Å². The van der Waals surface area contributed by atoms with Gasteiger partial charge in [0.05, 0.1) is 0 Å². The molecule has 0 radical (unpaired) electrons. The van der Waals surface area contributed by atoms with E-state index in [0.29, 0.717) is 16.2 Å². The van der Waals surface area contributed by atoms with Gasteiger partial charge in [0.15, 0.2) is 0 Å². The molecule has 0 fully saturated rings. The van der Waals surface area contributed by atoms with Crippen LogP contribution in [0.15, 0.2) is 63.6 Å². The number of hydrogen-bond donors (Lipinski definition) is 1. The molecule has 0 heterocycles. The third-order valence-corrected chi connectivity index (χ3v) is 4.53. The van der Waals surface area contributed by atoms with Gasteiger partial charge in [-0.15, -0.1) is 11.8 Å². The standard InChI is InChI=1S/C18H12BrF4NO2S/c1-27-17(24-13-5-3-2-4-12(13)20)14(16(26)18(21,22)23)15(25)10-6-8-11(19)9-7-10/h2-9,25H,1H3/b15-14-,24-17?. The molecule has 0 saturated carbocycles. The highest BCUT2D eigenvalue weighted by molar-refractivity contribution is 9.10. The Hall–Kier alpha value is -2.13. The van der Waals surface area contributed by atoms with Crippen LogP contribution in [0, 0.1) is 5.82 Å². The molecule has 142 valence electrons. The molecule has 9 heteroatoms. The van der Waals surface area contributed by atoms with E-state index in [-0.39, 0.29) is 11.3 Å². The fourth-order valence-corrected chi connectivity index (χ4v) is 2.90. The summed E-state index contributed by atoms with van der Waals surface area (Å²) in [4.78, 5) is 15.8. The predicted molar refractivity (Wildman–Crippen MR) is 102 cm³/mol. The van der Waals surface area contributed by atoms with Crippen LogP contribution in [-0.2, 0) is 4.79 Å². The number of para-hydroxylation sites is 1. The molecular formula is C18H12BrF4NO2S. The summed E-state index contributed by atoms with van der Waals surface area (Å²) in [5.41, 5.74) is -1.31. The number of aliphatic imine (C=N–C) groups is 1. The van der Waals surface area contributed by atoms with E-state index in [4.69, 9.17) is 0 Å². The largest absolute Gasteiger partial charge is 0.506 e. The molecule has 3 nitrogen and oxygen atoms in total. The van der Waals surface area contributed by atoms with Crippen molar-refractivity contribution in [1.82, 2.24) is 0 Å². The summed E-state index contributed by atoms with van der Waals surface area (Å²) in [5.74, 6) is -3.94. The minimum atomic E-state index is -5.25. The van der Waals surface area contributed by atoms with E-state index in [1.165, 1.54) is 48.7 Å². The summed E-state index contributed by atoms with van der Waals surface area (Å²) < 4.78 is 53.8. The normalized spacial score (nSPS) is 13.3. The second-order valence-electron chi connectivity index (χ2n) is 5.13. The van der Waals surface area contributed by atoms with Crippen molar-refractivity contribution in [3.05, 3.63) is 70.0 Å². The number of alkyl halides is 3. The van der Waals surface area contributed by atoms with Crippen LogP contribution >= 0.6 is 27.7 Å². The molecule has 2 aromatic carbocycles. The van der Waals surface area contributed by atoms with Gasteiger partial charge in [-0.25, -0.2) is 9.38 Å². The number of nitrogens with zero attached hydrogens (tertiary/aromatic N) is 1. The van der Waals surface area contributed by atoms with E-state index in [1.54, 1.807) is 0 Å². The van der Waals surface area contributed by atoms with Crippen LogP contribution in [-0.4, -0.2) is 28.4 Å². The van der Waals surface area contributed by atoms with Gasteiger partial charge in [0.25, 0.3) is 5.78 Å². The summed E-state index contributed by atoms with van der Waals surface area (Å²) in [6, 6.07) is 10.8. The lowest BCUT2D eigenvalue weighted by atomic mass is 10.0. The summed E-state index contributed by atoms with van der Waals surface area (Å²) >= 11 is 3.86. The Morgan fingerprint density at radius 3 is 2.22 bits per heavy atom. The second-order valence-corrected chi connectivity index (χ2v) is 6.84. The van der Waals surface area contributed by atoms with Gasteiger partial charge in [-0.1, -0.05) is 40.2 Å². The number of carbonyl (C=O) groups excluding carboxylic acids is 1. The van der Waals surface area contributed by atoms with Crippen molar-refractivity contribution < 1.29 is 27.5 Å². The number of benzene rings is 2. The summed E-state index contributed by atoms with van der Waals surface area (Å²) in [6.07, 6.45) is -3.87. The van der Waals surface area contributed by atoms with Crippen molar-refractivity contribution in [2.24, 2.45) is 4.99 Å². The zero-order valence-electron chi connectivity index (χ0n) is 13.7. The fourth-order valence-electron chi connectivity index (χ4n) is 2.06. The Bertz CT molecular complexity index is 908. The molecule has 0 atom stereocenters. The Balaban J connectivity index is 2.71. The smallest absolute Gasteiger partial charge is 0.455 e. The molecule has 0 amide bonds. The first kappa shape index (κ1) is 21.2. The second kappa shape index (κ2) is 8.71. The number of hydrogen-bond acceptors (Lipinski definition) is 4. The fraction of sp³-hybridized carbons (Fsp3) is 0.111. The number of thioether (sulfide) groups is 1. The van der Waals surface area contributed by atoms with Gasteiger partial charge in [-0.05, 0) is 30.5 Å². The summed E-state index contributed by atoms with van der Waals surface area (Å²) in [5, 5.41) is 9.95. The van der Waals surface area contributed by atoms with E-state index in [1.807, 2.05) is 0 Å². The van der Waals surface area contributed by atoms with Crippen LogP contribution < -0.4 is 0 Å². The lowest BCUT2D eigenvalue weighted by Gasteiger charge is -2.14. The zero-order chi connectivity index (χ0) is 20.2. The van der Waals surface area contributed by atoms with Gasteiger partial charge < -0.3 is 5.11 Å². The van der Waals surface area contributed by atoms with Gasteiger partial charge >= 0.3 is 6.18 Å². The lowest BCUT2D eigenvalue weighted by Crippen LogP contribution is -2.28. The zero-order valence-corrected chi connectivity index (χ0v) is 16.1. The average Bonchev–Trinajstić information content (AvgIpc) is 2.62. The summed E-state index contributed by atoms with van der Waals surface area (Å²) in [7, 11) is 0. The van der Waals surface area contributed by atoms with Gasteiger partial charge in [-0.3, -0.25) is 4.79 Å². The Labute approximate surface area is 164 Å². The molecule has 0 aliphatic heterocycles. The van der Waals surface area contributed by atoms with Crippen LogP contribution in [0.5, 0.6) is 0 Å². The lowest BCUT2D eigenvalue weighted by molar-refractivity contribution is -0.165. The third-order valence-electron chi connectivity index (χ3n) is 3.32. The highest BCUT2D eigenvalue weighted by atomic mass is 79.9. The van der Waals surface area contributed by atoms with Crippen LogP contribution in [0.4, 0.5) is 23.2 Å². The topological polar surface area (TPSA) is 49.7 Å². The Kier molecular flexibility index (Phi) is 6.83. The van der Waals surface area contributed by atoms with Gasteiger partial charge in [0, 0.05) is 10.0 Å². The molecule has 0 aliphatic carbocycles. The number of aliphatic hydroxyl groups excluding tert-OH is 1. The summed E-state index contributed by atoms with van der Waals surface area (Å²) in [6.45, 7) is 0. The van der Waals surface area contributed by atoms with E-state index in [2.05, 4.69) is 20.9 Å². The first-order valence-electron chi connectivity index (χ1n) is 7.33. The monoisotopic (exact) mass is 461 g/mol. The first-order chi connectivity index (χ1) is 12.6. The van der Waals surface area contributed by atoms with Crippen LogP contribution in [0.3, 0.4) is 0 Å². The molecule has 0 spiro atoms. The highest BCUT2D eigenvalue weighted by Crippen LogP contribution is 2.31. The van der Waals surface area contributed by atoms with Gasteiger partial charge in [0.1, 0.15) is 27.9 Å². The number of Topliss-reactive ketones (excluding diaryl/α,β-unsaturated/α-hetero) is 1. The molecule has 0 aliphatic rings. The maximum atomic E-state index is 13.8. The quantitative estimate of drug-likeness (QED) is 0.197. The minimum Gasteiger partial charge on any atom is -0.506 e. The van der Waals surface area contributed by atoms with Crippen molar-refractivity contribution in [2.75, 3.05) is 6.26 Å². The molecule has 0 saturated heterocycles. The molecule has 0 bridgehead atoms. The van der Waals surface area contributed by atoms with Crippen molar-refractivity contribution in [2.45, 2.75) is 6.18 Å². The highest BCUT2D eigenvalue weighted by Gasteiger charge is 2.44. The number of aliphatic hydroxyl groups is 1. The first-order valence-corrected chi connectivity index (χ1v) is 9.35. The van der Waals surface area contributed by atoms with Crippen molar-refractivity contribution in [3.63, 3.8) is 0 Å². The molecule has 2 rings (SSSR count). The molecular weight excluding hydrogens is 450 g/mol. The molecule has 0 unspecified atom stereocenters.